The fourth-order valence-corrected chi connectivity index (χ4v) is 2.67. The van der Waals surface area contributed by atoms with E-state index in [1.165, 1.54) is 6.33 Å². The molecule has 0 spiro atoms. The second-order valence-corrected chi connectivity index (χ2v) is 5.65. The molecule has 1 aliphatic carbocycles. The minimum atomic E-state index is -0.599. The molecule has 0 amide bonds. The third kappa shape index (κ3) is 2.19. The van der Waals surface area contributed by atoms with Gasteiger partial charge in [0.05, 0.1) is 22.9 Å². The predicted molar refractivity (Wildman–Crippen MR) is 81.7 cm³/mol. The van der Waals surface area contributed by atoms with Crippen LogP contribution in [0, 0.1) is 0 Å². The minimum absolute atomic E-state index is 0.500. The average molecular weight is 296 g/mol. The lowest BCUT2D eigenvalue weighted by Crippen LogP contribution is -2.43. The molecule has 2 N–H and O–H groups in total. The molecule has 0 unspecified atom stereocenters. The Hall–Kier alpha value is -2.54. The Kier molecular flexibility index (Phi) is 3.00. The molecule has 1 aliphatic rings. The van der Waals surface area contributed by atoms with Gasteiger partial charge in [-0.1, -0.05) is 0 Å². The molecule has 0 atom stereocenters. The van der Waals surface area contributed by atoms with Crippen molar-refractivity contribution in [2.75, 3.05) is 11.9 Å². The quantitative estimate of drug-likeness (QED) is 0.759. The molecule has 7 nitrogen and oxygen atoms in total. The zero-order valence-electron chi connectivity index (χ0n) is 12.0. The molecular formula is C15H16N6O. The normalized spacial score (nSPS) is 16.4. The van der Waals surface area contributed by atoms with E-state index < -0.39 is 5.60 Å². The highest BCUT2D eigenvalue weighted by molar-refractivity contribution is 5.87. The molecule has 1 fully saturated rings. The summed E-state index contributed by atoms with van der Waals surface area (Å²) < 4.78 is 1.75. The number of pyridine rings is 1. The highest BCUT2D eigenvalue weighted by Crippen LogP contribution is 2.32. The summed E-state index contributed by atoms with van der Waals surface area (Å²) in [7, 11) is 0. The summed E-state index contributed by atoms with van der Waals surface area (Å²) >= 11 is 0. The van der Waals surface area contributed by atoms with Crippen molar-refractivity contribution in [2.45, 2.75) is 24.9 Å². The molecule has 22 heavy (non-hydrogen) atoms. The van der Waals surface area contributed by atoms with Crippen molar-refractivity contribution < 1.29 is 5.11 Å². The summed E-state index contributed by atoms with van der Waals surface area (Å²) in [6.07, 6.45) is 9.44. The topological polar surface area (TPSA) is 88.8 Å². The first-order chi connectivity index (χ1) is 10.8. The second kappa shape index (κ2) is 5.03. The van der Waals surface area contributed by atoms with Crippen LogP contribution >= 0.6 is 0 Å². The first kappa shape index (κ1) is 13.1. The predicted octanol–water partition coefficient (Wildman–Crippen LogP) is 1.54. The molecule has 3 heterocycles. The van der Waals surface area contributed by atoms with Crippen molar-refractivity contribution in [3.63, 3.8) is 0 Å². The Labute approximate surface area is 127 Å². The summed E-state index contributed by atoms with van der Waals surface area (Å²) in [6, 6.07) is 3.75. The Morgan fingerprint density at radius 3 is 2.77 bits per heavy atom. The van der Waals surface area contributed by atoms with Crippen molar-refractivity contribution >= 4 is 16.9 Å². The molecule has 112 valence electrons. The van der Waals surface area contributed by atoms with Gasteiger partial charge in [0.25, 0.3) is 0 Å². The van der Waals surface area contributed by atoms with Crippen LogP contribution in [0.5, 0.6) is 0 Å². The summed E-state index contributed by atoms with van der Waals surface area (Å²) in [5.41, 5.74) is 1.02. The lowest BCUT2D eigenvalue weighted by atomic mass is 9.80. The van der Waals surface area contributed by atoms with E-state index in [2.05, 4.69) is 25.4 Å². The standard InChI is InChI=1S/C15H16N6O/c22-15(4-1-5-15)9-17-13-12-8-20-21(14(12)19-10-18-13)11-2-6-16-7-3-11/h2-3,6-8,10,22H,1,4-5,9H2,(H,17,18,19). The molecule has 4 rings (SSSR count). The van der Waals surface area contributed by atoms with Gasteiger partial charge in [-0.15, -0.1) is 0 Å². The van der Waals surface area contributed by atoms with Crippen molar-refractivity contribution in [2.24, 2.45) is 0 Å². The van der Waals surface area contributed by atoms with Gasteiger partial charge in [0, 0.05) is 18.9 Å². The van der Waals surface area contributed by atoms with Crippen LogP contribution in [0.1, 0.15) is 19.3 Å². The Morgan fingerprint density at radius 2 is 2.05 bits per heavy atom. The van der Waals surface area contributed by atoms with Crippen LogP contribution < -0.4 is 5.32 Å². The van der Waals surface area contributed by atoms with Gasteiger partial charge in [0.15, 0.2) is 5.65 Å². The number of rotatable bonds is 4. The summed E-state index contributed by atoms with van der Waals surface area (Å²) in [4.78, 5) is 12.6. The molecule has 0 aliphatic heterocycles. The van der Waals surface area contributed by atoms with Crippen molar-refractivity contribution in [1.29, 1.82) is 0 Å². The Balaban J connectivity index is 1.68. The fourth-order valence-electron chi connectivity index (χ4n) is 2.67. The van der Waals surface area contributed by atoms with E-state index in [0.29, 0.717) is 12.4 Å². The molecule has 0 aromatic carbocycles. The van der Waals surface area contributed by atoms with Crippen molar-refractivity contribution in [3.8, 4) is 5.69 Å². The van der Waals surface area contributed by atoms with Crippen LogP contribution in [0.25, 0.3) is 16.7 Å². The lowest BCUT2D eigenvalue weighted by molar-refractivity contribution is -0.0202. The van der Waals surface area contributed by atoms with Gasteiger partial charge in [-0.2, -0.15) is 5.10 Å². The smallest absolute Gasteiger partial charge is 0.168 e. The van der Waals surface area contributed by atoms with Gasteiger partial charge in [0.1, 0.15) is 12.1 Å². The third-order valence-corrected chi connectivity index (χ3v) is 4.14. The third-order valence-electron chi connectivity index (χ3n) is 4.14. The molecular weight excluding hydrogens is 280 g/mol. The maximum atomic E-state index is 10.2. The van der Waals surface area contributed by atoms with E-state index in [-0.39, 0.29) is 0 Å². The van der Waals surface area contributed by atoms with Gasteiger partial charge in [-0.05, 0) is 31.4 Å². The average Bonchev–Trinajstić information content (AvgIpc) is 2.96. The molecule has 0 radical (unpaired) electrons. The van der Waals surface area contributed by atoms with Gasteiger partial charge >= 0.3 is 0 Å². The first-order valence-corrected chi connectivity index (χ1v) is 7.31. The summed E-state index contributed by atoms with van der Waals surface area (Å²) in [5.74, 6) is 0.700. The van der Waals surface area contributed by atoms with Gasteiger partial charge in [0.2, 0.25) is 0 Å². The highest BCUT2D eigenvalue weighted by atomic mass is 16.3. The van der Waals surface area contributed by atoms with E-state index in [1.807, 2.05) is 12.1 Å². The van der Waals surface area contributed by atoms with E-state index in [1.54, 1.807) is 23.3 Å². The maximum Gasteiger partial charge on any atom is 0.168 e. The number of fused-ring (bicyclic) bond motifs is 1. The first-order valence-electron chi connectivity index (χ1n) is 7.31. The lowest BCUT2D eigenvalue weighted by Gasteiger charge is -2.36. The van der Waals surface area contributed by atoms with Crippen molar-refractivity contribution in [3.05, 3.63) is 37.1 Å². The van der Waals surface area contributed by atoms with Crippen LogP contribution in [-0.2, 0) is 0 Å². The molecule has 0 bridgehead atoms. The van der Waals surface area contributed by atoms with E-state index >= 15 is 0 Å². The monoisotopic (exact) mass is 296 g/mol. The van der Waals surface area contributed by atoms with Gasteiger partial charge in [-0.25, -0.2) is 14.6 Å². The van der Waals surface area contributed by atoms with Gasteiger partial charge < -0.3 is 10.4 Å². The largest absolute Gasteiger partial charge is 0.388 e. The number of nitrogens with zero attached hydrogens (tertiary/aromatic N) is 5. The SMILES string of the molecule is OC1(CNc2ncnc3c2cnn3-c2ccncc2)CCC1. The number of hydrogen-bond donors (Lipinski definition) is 2. The van der Waals surface area contributed by atoms with Crippen molar-refractivity contribution in [1.82, 2.24) is 24.7 Å². The van der Waals surface area contributed by atoms with E-state index in [9.17, 15) is 5.11 Å². The van der Waals surface area contributed by atoms with Crippen LogP contribution in [0.2, 0.25) is 0 Å². The molecule has 3 aromatic rings. The fraction of sp³-hybridized carbons (Fsp3) is 0.333. The molecule has 7 heteroatoms. The number of aromatic nitrogens is 5. The minimum Gasteiger partial charge on any atom is -0.388 e. The highest BCUT2D eigenvalue weighted by Gasteiger charge is 2.34. The van der Waals surface area contributed by atoms with Crippen LogP contribution in [0.3, 0.4) is 0 Å². The number of aliphatic hydroxyl groups is 1. The number of anilines is 1. The number of hydrogen-bond acceptors (Lipinski definition) is 6. The second-order valence-electron chi connectivity index (χ2n) is 5.65. The maximum absolute atomic E-state index is 10.2. The molecule has 0 saturated heterocycles. The zero-order valence-corrected chi connectivity index (χ0v) is 12.0. The number of nitrogens with one attached hydrogen (secondary N) is 1. The van der Waals surface area contributed by atoms with Crippen LogP contribution in [0.15, 0.2) is 37.1 Å². The van der Waals surface area contributed by atoms with Gasteiger partial charge in [-0.3, -0.25) is 4.98 Å². The molecule has 1 saturated carbocycles. The van der Waals surface area contributed by atoms with Crippen LogP contribution in [0.4, 0.5) is 5.82 Å². The molecule has 3 aromatic heterocycles. The van der Waals surface area contributed by atoms with E-state index in [4.69, 9.17) is 0 Å². The van der Waals surface area contributed by atoms with Crippen LogP contribution in [-0.4, -0.2) is 42.0 Å². The Morgan fingerprint density at radius 1 is 1.23 bits per heavy atom. The Bertz CT molecular complexity index is 796. The van der Waals surface area contributed by atoms with E-state index in [0.717, 1.165) is 36.0 Å². The summed E-state index contributed by atoms with van der Waals surface area (Å²) in [6.45, 7) is 0.500. The zero-order chi connectivity index (χ0) is 15.0. The summed E-state index contributed by atoms with van der Waals surface area (Å²) in [5, 5.41) is 18.6.